The van der Waals surface area contributed by atoms with Gasteiger partial charge in [-0.25, -0.2) is 14.3 Å². The van der Waals surface area contributed by atoms with Gasteiger partial charge in [-0.3, -0.25) is 15.3 Å². The molecule has 1 aliphatic heterocycles. The lowest BCUT2D eigenvalue weighted by Gasteiger charge is -2.08. The van der Waals surface area contributed by atoms with Gasteiger partial charge in [-0.15, -0.1) is 11.3 Å². The van der Waals surface area contributed by atoms with Gasteiger partial charge in [0.15, 0.2) is 10.3 Å². The molecule has 0 atom stereocenters. The number of aromatic nitrogens is 3. The minimum Gasteiger partial charge on any atom is -0.278 e. The number of hydrogen-bond donors (Lipinski definition) is 2. The van der Waals surface area contributed by atoms with Gasteiger partial charge >= 0.3 is 0 Å². The topological polar surface area (TPSA) is 85.7 Å². The number of H-pyrrole nitrogens is 1. The first-order valence-electron chi connectivity index (χ1n) is 7.15. The highest BCUT2D eigenvalue weighted by atomic mass is 32.2. The monoisotopic (exact) mass is 371 g/mol. The quantitative estimate of drug-likeness (QED) is 0.687. The number of thiazole rings is 1. The van der Waals surface area contributed by atoms with Crippen LogP contribution in [0.15, 0.2) is 46.9 Å². The van der Waals surface area contributed by atoms with Crippen LogP contribution in [0.25, 0.3) is 17.3 Å². The van der Waals surface area contributed by atoms with E-state index in [4.69, 9.17) is 5.41 Å². The van der Waals surface area contributed by atoms with Gasteiger partial charge in [0, 0.05) is 22.7 Å². The molecule has 2 aromatic heterocycles. The fourth-order valence-corrected chi connectivity index (χ4v) is 3.95. The molecule has 1 fully saturated rings. The maximum Gasteiger partial charge on any atom is 0.273 e. The van der Waals surface area contributed by atoms with Crippen molar-refractivity contribution in [1.82, 2.24) is 15.2 Å². The van der Waals surface area contributed by atoms with E-state index in [1.54, 1.807) is 35.9 Å². The van der Waals surface area contributed by atoms with Gasteiger partial charge in [-0.1, -0.05) is 12.1 Å². The molecule has 3 aromatic rings. The summed E-state index contributed by atoms with van der Waals surface area (Å²) in [7, 11) is 0. The summed E-state index contributed by atoms with van der Waals surface area (Å²) in [6, 6.07) is 6.34. The van der Waals surface area contributed by atoms with Gasteiger partial charge in [0.05, 0.1) is 16.8 Å². The number of amidine groups is 1. The van der Waals surface area contributed by atoms with Crippen molar-refractivity contribution in [3.05, 3.63) is 58.3 Å². The highest BCUT2D eigenvalue weighted by molar-refractivity contribution is 8.19. The third-order valence-corrected chi connectivity index (χ3v) is 5.18. The van der Waals surface area contributed by atoms with Crippen LogP contribution in [0.2, 0.25) is 0 Å². The second-order valence-corrected chi connectivity index (χ2v) is 6.95. The van der Waals surface area contributed by atoms with Crippen LogP contribution < -0.4 is 4.90 Å². The van der Waals surface area contributed by atoms with Crippen molar-refractivity contribution in [2.75, 3.05) is 4.90 Å². The molecule has 1 aromatic carbocycles. The number of aromatic amines is 1. The third kappa shape index (κ3) is 2.77. The van der Waals surface area contributed by atoms with Crippen LogP contribution in [0.5, 0.6) is 0 Å². The van der Waals surface area contributed by atoms with Gasteiger partial charge in [0.25, 0.3) is 5.91 Å². The van der Waals surface area contributed by atoms with Gasteiger partial charge in [0.1, 0.15) is 5.82 Å². The average Bonchev–Trinajstić information content (AvgIpc) is 3.31. The SMILES string of the molecule is N=C1S/C(=C\c2cn[nH]c2-c2ccccc2F)C(=O)N1c1nccs1. The molecule has 1 amide bonds. The van der Waals surface area contributed by atoms with Gasteiger partial charge in [-0.05, 0) is 30.0 Å². The van der Waals surface area contributed by atoms with E-state index in [0.717, 1.165) is 11.8 Å². The number of anilines is 1. The Balaban J connectivity index is 1.72. The molecule has 0 bridgehead atoms. The predicted molar refractivity (Wildman–Crippen MR) is 96.9 cm³/mol. The number of carbonyl (C=O) groups is 1. The Morgan fingerprint density at radius 1 is 1.32 bits per heavy atom. The third-order valence-electron chi connectivity index (χ3n) is 3.53. The van der Waals surface area contributed by atoms with E-state index < -0.39 is 0 Å². The Morgan fingerprint density at radius 3 is 2.92 bits per heavy atom. The van der Waals surface area contributed by atoms with E-state index in [1.165, 1.54) is 28.5 Å². The summed E-state index contributed by atoms with van der Waals surface area (Å²) in [5, 5.41) is 17.0. The molecule has 0 spiro atoms. The Morgan fingerprint density at radius 2 is 2.16 bits per heavy atom. The van der Waals surface area contributed by atoms with Crippen molar-refractivity contribution in [2.45, 2.75) is 0 Å². The van der Waals surface area contributed by atoms with Crippen LogP contribution in [0, 0.1) is 11.2 Å². The molecule has 0 radical (unpaired) electrons. The number of carbonyl (C=O) groups excluding carboxylic acids is 1. The summed E-state index contributed by atoms with van der Waals surface area (Å²) >= 11 is 2.32. The lowest BCUT2D eigenvalue weighted by Crippen LogP contribution is -2.27. The molecule has 0 saturated carbocycles. The van der Waals surface area contributed by atoms with Crippen molar-refractivity contribution in [3.63, 3.8) is 0 Å². The Bertz CT molecular complexity index is 996. The second kappa shape index (κ2) is 6.26. The van der Waals surface area contributed by atoms with Crippen molar-refractivity contribution in [3.8, 4) is 11.3 Å². The van der Waals surface area contributed by atoms with Crippen molar-refractivity contribution in [1.29, 1.82) is 5.41 Å². The number of nitrogens with one attached hydrogen (secondary N) is 2. The van der Waals surface area contributed by atoms with E-state index in [2.05, 4.69) is 15.2 Å². The van der Waals surface area contributed by atoms with Crippen LogP contribution >= 0.6 is 23.1 Å². The molecule has 9 heteroatoms. The average molecular weight is 371 g/mol. The summed E-state index contributed by atoms with van der Waals surface area (Å²) in [4.78, 5) is 18.3. The molecule has 4 rings (SSSR count). The minimum absolute atomic E-state index is 0.0853. The van der Waals surface area contributed by atoms with Crippen molar-refractivity contribution >= 4 is 45.4 Å². The molecular weight excluding hydrogens is 361 g/mol. The molecule has 1 saturated heterocycles. The zero-order chi connectivity index (χ0) is 17.4. The predicted octanol–water partition coefficient (Wildman–Crippen LogP) is 3.73. The highest BCUT2D eigenvalue weighted by Gasteiger charge is 2.35. The van der Waals surface area contributed by atoms with Gasteiger partial charge in [0.2, 0.25) is 0 Å². The van der Waals surface area contributed by atoms with Crippen LogP contribution in [-0.2, 0) is 4.79 Å². The molecule has 2 N–H and O–H groups in total. The summed E-state index contributed by atoms with van der Waals surface area (Å²) < 4.78 is 14.0. The normalized spacial score (nSPS) is 16.2. The number of thioether (sulfide) groups is 1. The number of rotatable bonds is 3. The molecule has 25 heavy (non-hydrogen) atoms. The van der Waals surface area contributed by atoms with Crippen LogP contribution in [0.3, 0.4) is 0 Å². The van der Waals surface area contributed by atoms with Crippen molar-refractivity contribution in [2.24, 2.45) is 0 Å². The smallest absolute Gasteiger partial charge is 0.273 e. The van der Waals surface area contributed by atoms with Gasteiger partial charge in [-0.2, -0.15) is 5.10 Å². The summed E-state index contributed by atoms with van der Waals surface area (Å²) in [5.41, 5.74) is 1.43. The van der Waals surface area contributed by atoms with Crippen LogP contribution in [0.4, 0.5) is 9.52 Å². The fourth-order valence-electron chi connectivity index (χ4n) is 2.41. The van der Waals surface area contributed by atoms with E-state index in [-0.39, 0.29) is 16.9 Å². The number of hydrogen-bond acceptors (Lipinski definition) is 6. The lowest BCUT2D eigenvalue weighted by molar-refractivity contribution is -0.113. The van der Waals surface area contributed by atoms with Crippen LogP contribution in [-0.4, -0.2) is 26.3 Å². The number of amides is 1. The maximum absolute atomic E-state index is 14.0. The Labute approximate surface area is 149 Å². The first kappa shape index (κ1) is 15.7. The molecule has 3 heterocycles. The largest absolute Gasteiger partial charge is 0.278 e. The first-order valence-corrected chi connectivity index (χ1v) is 8.85. The number of halogens is 1. The minimum atomic E-state index is -0.381. The first-order chi connectivity index (χ1) is 12.1. The van der Waals surface area contributed by atoms with E-state index in [0.29, 0.717) is 26.9 Å². The van der Waals surface area contributed by atoms with E-state index in [1.807, 2.05) is 0 Å². The van der Waals surface area contributed by atoms with Crippen LogP contribution in [0.1, 0.15) is 5.56 Å². The van der Waals surface area contributed by atoms with Crippen molar-refractivity contribution < 1.29 is 9.18 Å². The van der Waals surface area contributed by atoms with E-state index >= 15 is 0 Å². The van der Waals surface area contributed by atoms with Gasteiger partial charge < -0.3 is 0 Å². The van der Waals surface area contributed by atoms with E-state index in [9.17, 15) is 9.18 Å². The Kier molecular flexibility index (Phi) is 3.94. The zero-order valence-electron chi connectivity index (χ0n) is 12.6. The number of benzene rings is 1. The molecular formula is C16H10FN5OS2. The lowest BCUT2D eigenvalue weighted by atomic mass is 10.1. The molecule has 1 aliphatic rings. The molecule has 0 aliphatic carbocycles. The summed E-state index contributed by atoms with van der Waals surface area (Å²) in [6.07, 6.45) is 4.72. The molecule has 0 unspecified atom stereocenters. The summed E-state index contributed by atoms with van der Waals surface area (Å²) in [5.74, 6) is -0.709. The Hall–Kier alpha value is -2.78. The highest BCUT2D eigenvalue weighted by Crippen LogP contribution is 2.37. The standard InChI is InChI=1S/C16H10FN5OS2/c17-11-4-2-1-3-10(11)13-9(8-20-21-13)7-12-14(23)22(15(18)25-12)16-19-5-6-24-16/h1-8,18H,(H,20,21)/b12-7-,18-15?. The second-order valence-electron chi connectivity index (χ2n) is 5.05. The zero-order valence-corrected chi connectivity index (χ0v) is 14.2. The molecule has 124 valence electrons. The maximum atomic E-state index is 14.0. The fraction of sp³-hybridized carbons (Fsp3) is 0. The number of nitrogens with zero attached hydrogens (tertiary/aromatic N) is 3. The summed E-state index contributed by atoms with van der Waals surface area (Å²) in [6.45, 7) is 0. The molecule has 6 nitrogen and oxygen atoms in total.